The molecule has 1 atom stereocenters. The van der Waals surface area contributed by atoms with E-state index in [1.165, 1.54) is 0 Å². The van der Waals surface area contributed by atoms with Gasteiger partial charge in [0.15, 0.2) is 5.82 Å². The van der Waals surface area contributed by atoms with Crippen LogP contribution in [0.3, 0.4) is 0 Å². The van der Waals surface area contributed by atoms with E-state index in [0.29, 0.717) is 29.8 Å². The van der Waals surface area contributed by atoms with E-state index < -0.39 is 5.67 Å². The maximum Gasteiger partial charge on any atom is 0.155 e. The summed E-state index contributed by atoms with van der Waals surface area (Å²) in [5, 5.41) is 10.8. The summed E-state index contributed by atoms with van der Waals surface area (Å²) >= 11 is 0. The fourth-order valence-corrected chi connectivity index (χ4v) is 3.39. The molecule has 0 radical (unpaired) electrons. The number of anilines is 1. The molecule has 3 aromatic rings. The fraction of sp³-hybridized carbons (Fsp3) is 0.500. The molecule has 1 aliphatic heterocycles. The molecule has 0 amide bonds. The number of pyridine rings is 1. The lowest BCUT2D eigenvalue weighted by atomic mass is 9.96. The van der Waals surface area contributed by atoms with Gasteiger partial charge in [0.05, 0.1) is 29.5 Å². The molecule has 7 nitrogen and oxygen atoms in total. The van der Waals surface area contributed by atoms with Crippen molar-refractivity contribution in [2.45, 2.75) is 44.8 Å². The van der Waals surface area contributed by atoms with Crippen LogP contribution in [0.15, 0.2) is 30.9 Å². The molecular formula is C20H27ClFN7. The molecule has 1 aliphatic rings. The van der Waals surface area contributed by atoms with Gasteiger partial charge in [0, 0.05) is 30.7 Å². The number of halogens is 2. The molecule has 0 bridgehead atoms. The molecule has 0 unspecified atom stereocenters. The molecule has 1 saturated heterocycles. The summed E-state index contributed by atoms with van der Waals surface area (Å²) in [6.45, 7) is 7.68. The van der Waals surface area contributed by atoms with E-state index in [9.17, 15) is 0 Å². The molecule has 9 heteroatoms. The second kappa shape index (κ2) is 8.20. The van der Waals surface area contributed by atoms with Crippen molar-refractivity contribution in [3.05, 3.63) is 30.9 Å². The molecule has 0 aromatic carbocycles. The third-order valence-electron chi connectivity index (χ3n) is 5.02. The highest BCUT2D eigenvalue weighted by Crippen LogP contribution is 2.28. The Bertz CT molecular complexity index is 976. The van der Waals surface area contributed by atoms with E-state index in [2.05, 4.69) is 46.5 Å². The zero-order valence-electron chi connectivity index (χ0n) is 16.9. The second-order valence-corrected chi connectivity index (χ2v) is 8.41. The zero-order chi connectivity index (χ0) is 19.8. The lowest BCUT2D eigenvalue weighted by molar-refractivity contribution is 0.137. The van der Waals surface area contributed by atoms with Crippen LogP contribution in [0.25, 0.3) is 22.3 Å². The van der Waals surface area contributed by atoms with Crippen LogP contribution in [-0.4, -0.2) is 50.0 Å². The highest BCUT2D eigenvalue weighted by atomic mass is 35.5. The van der Waals surface area contributed by atoms with Gasteiger partial charge >= 0.3 is 0 Å². The number of rotatable bonds is 4. The summed E-state index contributed by atoms with van der Waals surface area (Å²) in [5.41, 5.74) is 1.57. The lowest BCUT2D eigenvalue weighted by Gasteiger charge is -2.30. The number of nitrogens with zero attached hydrogens (tertiary/aromatic N) is 5. The van der Waals surface area contributed by atoms with Crippen molar-refractivity contribution in [1.29, 1.82) is 0 Å². The summed E-state index contributed by atoms with van der Waals surface area (Å²) in [4.78, 5) is 13.5. The number of piperidine rings is 1. The van der Waals surface area contributed by atoms with Crippen molar-refractivity contribution >= 4 is 29.3 Å². The number of alkyl halides is 1. The Morgan fingerprint density at radius 2 is 2.07 bits per heavy atom. The van der Waals surface area contributed by atoms with Gasteiger partial charge in [-0.3, -0.25) is 9.67 Å². The predicted octanol–water partition coefficient (Wildman–Crippen LogP) is 3.57. The molecule has 0 spiro atoms. The van der Waals surface area contributed by atoms with Crippen molar-refractivity contribution in [2.75, 3.05) is 25.0 Å². The Hall–Kier alpha value is -2.32. The molecule has 156 valence electrons. The molecule has 29 heavy (non-hydrogen) atoms. The van der Waals surface area contributed by atoms with Gasteiger partial charge < -0.3 is 10.6 Å². The molecule has 0 aliphatic carbocycles. The number of fused-ring (bicyclic) bond motifs is 1. The Kier molecular flexibility index (Phi) is 6.05. The third kappa shape index (κ3) is 4.64. The first-order chi connectivity index (χ1) is 13.3. The highest BCUT2D eigenvalue weighted by molar-refractivity contribution is 5.88. The van der Waals surface area contributed by atoms with E-state index in [-0.39, 0.29) is 24.5 Å². The van der Waals surface area contributed by atoms with Gasteiger partial charge in [0.2, 0.25) is 0 Å². The van der Waals surface area contributed by atoms with Crippen molar-refractivity contribution < 1.29 is 4.39 Å². The predicted molar refractivity (Wildman–Crippen MR) is 115 cm³/mol. The second-order valence-electron chi connectivity index (χ2n) is 8.41. The topological polar surface area (TPSA) is 80.5 Å². The van der Waals surface area contributed by atoms with Crippen molar-refractivity contribution in [3.63, 3.8) is 0 Å². The molecule has 4 heterocycles. The quantitative estimate of drug-likeness (QED) is 0.672. The standard InChI is InChI=1S/C20H26FN7.ClH/c1-19(2,3)28-11-14(10-26-28)15-9-16-17(24-8-7-23-16)18(27-15)25-13-20(21)5-4-6-22-12-20;/h7-11,22H,4-6,12-13H2,1-3H3,(H,25,27);1H/t20-;/m1./s1. The van der Waals surface area contributed by atoms with Crippen LogP contribution in [0.1, 0.15) is 33.6 Å². The molecule has 4 rings (SSSR count). The van der Waals surface area contributed by atoms with Crippen LogP contribution in [0.4, 0.5) is 10.2 Å². The maximum atomic E-state index is 15.0. The van der Waals surface area contributed by atoms with Gasteiger partial charge in [-0.1, -0.05) is 0 Å². The summed E-state index contributed by atoms with van der Waals surface area (Å²) in [6, 6.07) is 1.89. The monoisotopic (exact) mass is 419 g/mol. The van der Waals surface area contributed by atoms with Gasteiger partial charge in [0.1, 0.15) is 11.2 Å². The fourth-order valence-electron chi connectivity index (χ4n) is 3.39. The number of hydrogen-bond donors (Lipinski definition) is 2. The van der Waals surface area contributed by atoms with Crippen LogP contribution in [0.5, 0.6) is 0 Å². The summed E-state index contributed by atoms with van der Waals surface area (Å²) in [6.07, 6.45) is 8.40. The maximum absolute atomic E-state index is 15.0. The van der Waals surface area contributed by atoms with Gasteiger partial charge in [-0.2, -0.15) is 5.10 Å². The summed E-state index contributed by atoms with van der Waals surface area (Å²) < 4.78 is 16.9. The molecule has 2 N–H and O–H groups in total. The van der Waals surface area contributed by atoms with Crippen molar-refractivity contribution in [1.82, 2.24) is 30.0 Å². The van der Waals surface area contributed by atoms with Crippen LogP contribution < -0.4 is 10.6 Å². The van der Waals surface area contributed by atoms with Crippen LogP contribution >= 0.6 is 12.4 Å². The van der Waals surface area contributed by atoms with Crippen molar-refractivity contribution in [2.24, 2.45) is 0 Å². The van der Waals surface area contributed by atoms with Crippen molar-refractivity contribution in [3.8, 4) is 11.3 Å². The largest absolute Gasteiger partial charge is 0.365 e. The Balaban J connectivity index is 0.00000240. The van der Waals surface area contributed by atoms with Crippen LogP contribution in [0.2, 0.25) is 0 Å². The van der Waals surface area contributed by atoms with E-state index in [0.717, 1.165) is 24.2 Å². The van der Waals surface area contributed by atoms with Crippen LogP contribution in [-0.2, 0) is 5.54 Å². The minimum atomic E-state index is -1.29. The number of hydrogen-bond acceptors (Lipinski definition) is 6. The van der Waals surface area contributed by atoms with Gasteiger partial charge in [-0.25, -0.2) is 14.4 Å². The highest BCUT2D eigenvalue weighted by Gasteiger charge is 2.31. The first-order valence-corrected chi connectivity index (χ1v) is 9.65. The average Bonchev–Trinajstić information content (AvgIpc) is 3.17. The van der Waals surface area contributed by atoms with Gasteiger partial charge in [-0.05, 0) is 46.2 Å². The van der Waals surface area contributed by atoms with Gasteiger partial charge in [0.25, 0.3) is 0 Å². The first-order valence-electron chi connectivity index (χ1n) is 9.65. The molecule has 3 aromatic heterocycles. The van der Waals surface area contributed by atoms with Gasteiger partial charge in [-0.15, -0.1) is 12.4 Å². The Morgan fingerprint density at radius 3 is 2.76 bits per heavy atom. The minimum absolute atomic E-state index is 0. The zero-order valence-corrected chi connectivity index (χ0v) is 17.8. The first kappa shape index (κ1) is 21.4. The molecular weight excluding hydrogens is 393 g/mol. The van der Waals surface area contributed by atoms with E-state index >= 15 is 4.39 Å². The smallest absolute Gasteiger partial charge is 0.155 e. The van der Waals surface area contributed by atoms with E-state index in [1.54, 1.807) is 18.6 Å². The Labute approximate surface area is 175 Å². The average molecular weight is 420 g/mol. The van der Waals surface area contributed by atoms with Crippen LogP contribution in [0, 0.1) is 0 Å². The molecule has 1 fully saturated rings. The third-order valence-corrected chi connectivity index (χ3v) is 5.02. The summed E-state index contributed by atoms with van der Waals surface area (Å²) in [7, 11) is 0. The summed E-state index contributed by atoms with van der Waals surface area (Å²) in [5.74, 6) is 0.548. The number of nitrogens with one attached hydrogen (secondary N) is 2. The Morgan fingerprint density at radius 1 is 1.28 bits per heavy atom. The van der Waals surface area contributed by atoms with E-state index in [1.807, 2.05) is 16.9 Å². The minimum Gasteiger partial charge on any atom is -0.365 e. The number of aromatic nitrogens is 5. The lowest BCUT2D eigenvalue weighted by Crippen LogP contribution is -2.46. The normalized spacial score (nSPS) is 19.7. The molecule has 0 saturated carbocycles. The SMILES string of the molecule is CC(C)(C)n1cc(-c2cc3nccnc3c(NC[C@@]3(F)CCCNC3)n2)cn1.Cl. The van der Waals surface area contributed by atoms with E-state index in [4.69, 9.17) is 4.98 Å².